The van der Waals surface area contributed by atoms with Crippen molar-refractivity contribution >= 4 is 34.6 Å². The summed E-state index contributed by atoms with van der Waals surface area (Å²) in [6.07, 6.45) is 1.83. The van der Waals surface area contributed by atoms with Crippen LogP contribution in [0.25, 0.3) is 5.69 Å². The normalized spacial score (nSPS) is 16.6. The summed E-state index contributed by atoms with van der Waals surface area (Å²) in [5, 5.41) is 4.98. The Balaban J connectivity index is 1.43. The Morgan fingerprint density at radius 2 is 1.63 bits per heavy atom. The number of aromatic nitrogens is 2. The van der Waals surface area contributed by atoms with Gasteiger partial charge in [0.15, 0.2) is 5.11 Å². The molecule has 0 saturated carbocycles. The lowest BCUT2D eigenvalue weighted by atomic mass is 9.96. The van der Waals surface area contributed by atoms with Crippen LogP contribution in [0.3, 0.4) is 0 Å². The first-order chi connectivity index (χ1) is 19.8. The summed E-state index contributed by atoms with van der Waals surface area (Å²) in [4.78, 5) is 6.92. The summed E-state index contributed by atoms with van der Waals surface area (Å²) in [5.74, 6) is 1.61. The molecule has 3 heterocycles. The molecule has 0 bridgehead atoms. The van der Waals surface area contributed by atoms with Gasteiger partial charge in [-0.15, -0.1) is 0 Å². The quantitative estimate of drug-likeness (QED) is 0.204. The molecule has 206 valence electrons. The van der Waals surface area contributed by atoms with Gasteiger partial charge in [0, 0.05) is 34.0 Å². The number of pyridine rings is 1. The summed E-state index contributed by atoms with van der Waals surface area (Å²) >= 11 is 12.5. The summed E-state index contributed by atoms with van der Waals surface area (Å²) in [6, 6.07) is 30.2. The Kier molecular flexibility index (Phi) is 7.28. The standard InChI is InChI=1S/C34H31ClN4OS/c1-21-10-5-6-14-31(21)40-26-17-15-25(16-18-26)39-33(32(37-34(39)41)29-12-7-8-19-36-29)27-20-22(2)38(24(27)4)30-13-9-11-28(35)23(30)3/h5-20,32-33H,1-4H3,(H,37,41). The smallest absolute Gasteiger partial charge is 0.174 e. The van der Waals surface area contributed by atoms with E-state index in [1.165, 1.54) is 5.56 Å². The van der Waals surface area contributed by atoms with E-state index >= 15 is 0 Å². The summed E-state index contributed by atoms with van der Waals surface area (Å²) < 4.78 is 8.45. The van der Waals surface area contributed by atoms with Gasteiger partial charge in [0.1, 0.15) is 11.5 Å². The summed E-state index contributed by atoms with van der Waals surface area (Å²) in [7, 11) is 0. The Labute approximate surface area is 251 Å². The van der Waals surface area contributed by atoms with Gasteiger partial charge in [-0.25, -0.2) is 0 Å². The van der Waals surface area contributed by atoms with Crippen LogP contribution in [0, 0.1) is 27.7 Å². The number of aryl methyl sites for hydroxylation is 2. The molecule has 7 heteroatoms. The van der Waals surface area contributed by atoms with Crippen LogP contribution >= 0.6 is 23.8 Å². The lowest BCUT2D eigenvalue weighted by Crippen LogP contribution is -2.29. The SMILES string of the molecule is Cc1ccccc1Oc1ccc(N2C(=S)NC(c3ccccn3)C2c2cc(C)n(-c3cccc(Cl)c3C)c2C)cc1. The van der Waals surface area contributed by atoms with Gasteiger partial charge in [0.25, 0.3) is 0 Å². The molecule has 1 aliphatic heterocycles. The zero-order valence-electron chi connectivity index (χ0n) is 23.4. The van der Waals surface area contributed by atoms with Crippen LogP contribution < -0.4 is 15.0 Å². The van der Waals surface area contributed by atoms with E-state index in [0.29, 0.717) is 5.11 Å². The molecule has 0 amide bonds. The maximum atomic E-state index is 6.53. The van der Waals surface area contributed by atoms with Crippen molar-refractivity contribution in [1.29, 1.82) is 0 Å². The van der Waals surface area contributed by atoms with Gasteiger partial charge in [0.05, 0.1) is 17.8 Å². The van der Waals surface area contributed by atoms with E-state index in [0.717, 1.165) is 56.1 Å². The number of ether oxygens (including phenoxy) is 1. The van der Waals surface area contributed by atoms with Crippen LogP contribution in [0.4, 0.5) is 5.69 Å². The van der Waals surface area contributed by atoms with Crippen LogP contribution in [0.2, 0.25) is 5.02 Å². The third-order valence-corrected chi connectivity index (χ3v) is 8.53. The third kappa shape index (κ3) is 4.98. The molecule has 1 N–H and O–H groups in total. The number of benzene rings is 3. The molecule has 0 radical (unpaired) electrons. The first kappa shape index (κ1) is 27.1. The number of rotatable bonds is 6. The molecule has 1 fully saturated rings. The number of thiocarbonyl (C=S) groups is 1. The zero-order chi connectivity index (χ0) is 28.7. The molecule has 0 aliphatic carbocycles. The number of para-hydroxylation sites is 1. The number of anilines is 1. The molecule has 5 nitrogen and oxygen atoms in total. The van der Waals surface area contributed by atoms with Crippen LogP contribution in [0.1, 0.15) is 45.9 Å². The molecule has 2 aromatic heterocycles. The summed E-state index contributed by atoms with van der Waals surface area (Å²) in [6.45, 7) is 8.40. The highest BCUT2D eigenvalue weighted by molar-refractivity contribution is 7.80. The fourth-order valence-corrected chi connectivity index (χ4v) is 6.23. The minimum atomic E-state index is -0.138. The molecule has 5 aromatic rings. The van der Waals surface area contributed by atoms with E-state index in [-0.39, 0.29) is 12.1 Å². The first-order valence-electron chi connectivity index (χ1n) is 13.6. The molecule has 6 rings (SSSR count). The molecule has 0 spiro atoms. The van der Waals surface area contributed by atoms with Gasteiger partial charge in [-0.05, 0) is 117 Å². The Morgan fingerprint density at radius 1 is 0.878 bits per heavy atom. The molecular weight excluding hydrogens is 548 g/mol. The zero-order valence-corrected chi connectivity index (χ0v) is 25.0. The van der Waals surface area contributed by atoms with Crippen molar-refractivity contribution in [3.63, 3.8) is 0 Å². The number of hydrogen-bond acceptors (Lipinski definition) is 3. The van der Waals surface area contributed by atoms with E-state index in [9.17, 15) is 0 Å². The Bertz CT molecular complexity index is 1730. The van der Waals surface area contributed by atoms with E-state index in [1.54, 1.807) is 0 Å². The topological polar surface area (TPSA) is 42.3 Å². The molecule has 1 aliphatic rings. The third-order valence-electron chi connectivity index (χ3n) is 7.80. The van der Waals surface area contributed by atoms with Gasteiger partial charge in [0.2, 0.25) is 0 Å². The van der Waals surface area contributed by atoms with Crippen molar-refractivity contribution in [3.8, 4) is 17.2 Å². The van der Waals surface area contributed by atoms with Crippen LogP contribution in [0.5, 0.6) is 11.5 Å². The van der Waals surface area contributed by atoms with Gasteiger partial charge in [-0.1, -0.05) is 41.9 Å². The van der Waals surface area contributed by atoms with Crippen LogP contribution in [0.15, 0.2) is 97.2 Å². The van der Waals surface area contributed by atoms with Crippen molar-refractivity contribution in [2.24, 2.45) is 0 Å². The maximum absolute atomic E-state index is 6.53. The number of halogens is 1. The van der Waals surface area contributed by atoms with Crippen LogP contribution in [-0.4, -0.2) is 14.7 Å². The van der Waals surface area contributed by atoms with E-state index < -0.39 is 0 Å². The second-order valence-corrected chi connectivity index (χ2v) is 11.2. The molecule has 2 unspecified atom stereocenters. The van der Waals surface area contributed by atoms with Gasteiger partial charge < -0.3 is 19.5 Å². The number of nitrogens with one attached hydrogen (secondary N) is 1. The van der Waals surface area contributed by atoms with Gasteiger partial charge in [-0.2, -0.15) is 0 Å². The molecule has 41 heavy (non-hydrogen) atoms. The predicted octanol–water partition coefficient (Wildman–Crippen LogP) is 8.73. The number of hydrogen-bond donors (Lipinski definition) is 1. The van der Waals surface area contributed by atoms with Crippen molar-refractivity contribution in [2.45, 2.75) is 39.8 Å². The highest BCUT2D eigenvalue weighted by atomic mass is 35.5. The second-order valence-electron chi connectivity index (χ2n) is 10.4. The van der Waals surface area contributed by atoms with Crippen molar-refractivity contribution in [2.75, 3.05) is 4.90 Å². The highest BCUT2D eigenvalue weighted by Crippen LogP contribution is 2.44. The minimum absolute atomic E-state index is 0.125. The lowest BCUT2D eigenvalue weighted by Gasteiger charge is -2.28. The van der Waals surface area contributed by atoms with Crippen LogP contribution in [-0.2, 0) is 0 Å². The van der Waals surface area contributed by atoms with Crippen molar-refractivity contribution in [1.82, 2.24) is 14.9 Å². The van der Waals surface area contributed by atoms with Gasteiger partial charge in [-0.3, -0.25) is 4.98 Å². The lowest BCUT2D eigenvalue weighted by molar-refractivity contribution is 0.479. The van der Waals surface area contributed by atoms with E-state index in [1.807, 2.05) is 73.8 Å². The Hall–Kier alpha value is -4.13. The molecule has 3 aromatic carbocycles. The van der Waals surface area contributed by atoms with Gasteiger partial charge >= 0.3 is 0 Å². The largest absolute Gasteiger partial charge is 0.457 e. The Morgan fingerprint density at radius 3 is 2.37 bits per heavy atom. The van der Waals surface area contributed by atoms with E-state index in [2.05, 4.69) is 65.9 Å². The molecular formula is C34H31ClN4OS. The second kappa shape index (κ2) is 11.0. The van der Waals surface area contributed by atoms with Crippen molar-refractivity contribution in [3.05, 3.63) is 136 Å². The highest BCUT2D eigenvalue weighted by Gasteiger charge is 2.42. The maximum Gasteiger partial charge on any atom is 0.174 e. The molecule has 1 saturated heterocycles. The van der Waals surface area contributed by atoms with Crippen molar-refractivity contribution < 1.29 is 4.74 Å². The minimum Gasteiger partial charge on any atom is -0.457 e. The summed E-state index contributed by atoms with van der Waals surface area (Å²) in [5.41, 5.74) is 8.56. The fraction of sp³-hybridized carbons (Fsp3) is 0.176. The monoisotopic (exact) mass is 578 g/mol. The average Bonchev–Trinajstić information content (AvgIpc) is 3.47. The molecule has 2 atom stereocenters. The first-order valence-corrected chi connectivity index (χ1v) is 14.4. The fourth-order valence-electron chi connectivity index (χ4n) is 5.72. The average molecular weight is 579 g/mol. The predicted molar refractivity (Wildman–Crippen MR) is 171 cm³/mol. The van der Waals surface area contributed by atoms with E-state index in [4.69, 9.17) is 33.5 Å². The number of nitrogens with zero attached hydrogens (tertiary/aromatic N) is 3.